The number of carbonyl (C=O) groups excluding carboxylic acids is 1. The van der Waals surface area contributed by atoms with E-state index in [2.05, 4.69) is 32.0 Å². The van der Waals surface area contributed by atoms with E-state index in [-0.39, 0.29) is 6.61 Å². The van der Waals surface area contributed by atoms with Gasteiger partial charge in [-0.25, -0.2) is 4.79 Å². The zero-order valence-corrected chi connectivity index (χ0v) is 7.09. The normalized spacial score (nSPS) is 8.50. The quantitative estimate of drug-likeness (QED) is 0.401. The van der Waals surface area contributed by atoms with Crippen LogP contribution >= 0.6 is 15.9 Å². The van der Waals surface area contributed by atoms with Gasteiger partial charge < -0.3 is 9.47 Å². The number of hydrogen-bond donors (Lipinski definition) is 0. The largest absolute Gasteiger partial charge is 0.508 e. The lowest BCUT2D eigenvalue weighted by Gasteiger charge is -2.00. The van der Waals surface area contributed by atoms with E-state index in [0.29, 0.717) is 11.9 Å². The van der Waals surface area contributed by atoms with Gasteiger partial charge in [0.25, 0.3) is 0 Å². The third-order valence-electron chi connectivity index (χ3n) is 0.616. The van der Waals surface area contributed by atoms with E-state index in [1.54, 1.807) is 0 Å². The lowest BCUT2D eigenvalue weighted by atomic mass is 10.7. The summed E-state index contributed by atoms with van der Waals surface area (Å²) in [5.41, 5.74) is 0. The SMILES string of the molecule is C=CCOC(=O)OCCBr. The molecule has 0 aliphatic rings. The van der Waals surface area contributed by atoms with Gasteiger partial charge in [-0.3, -0.25) is 0 Å². The molecule has 58 valence electrons. The summed E-state index contributed by atoms with van der Waals surface area (Å²) in [7, 11) is 0. The molecular weight excluding hydrogens is 200 g/mol. The van der Waals surface area contributed by atoms with Gasteiger partial charge in [-0.05, 0) is 0 Å². The van der Waals surface area contributed by atoms with Crippen LogP contribution in [-0.2, 0) is 9.47 Å². The minimum Gasteiger partial charge on any atom is -0.433 e. The molecule has 0 rings (SSSR count). The molecule has 0 amide bonds. The molecule has 0 saturated heterocycles. The van der Waals surface area contributed by atoms with Crippen molar-refractivity contribution in [1.29, 1.82) is 0 Å². The number of carbonyl (C=O) groups is 1. The van der Waals surface area contributed by atoms with Crippen LogP contribution in [-0.4, -0.2) is 24.7 Å². The third kappa shape index (κ3) is 5.62. The van der Waals surface area contributed by atoms with Crippen LogP contribution in [0.5, 0.6) is 0 Å². The highest BCUT2D eigenvalue weighted by atomic mass is 79.9. The highest BCUT2D eigenvalue weighted by Crippen LogP contribution is 1.87. The molecule has 10 heavy (non-hydrogen) atoms. The average molecular weight is 209 g/mol. The second-order valence-electron chi connectivity index (χ2n) is 1.39. The fourth-order valence-corrected chi connectivity index (χ4v) is 0.452. The van der Waals surface area contributed by atoms with Crippen molar-refractivity contribution in [2.24, 2.45) is 0 Å². The van der Waals surface area contributed by atoms with Gasteiger partial charge in [-0.15, -0.1) is 0 Å². The Morgan fingerprint density at radius 3 is 2.80 bits per heavy atom. The zero-order valence-electron chi connectivity index (χ0n) is 5.51. The molecule has 0 spiro atoms. The molecule has 0 aromatic rings. The van der Waals surface area contributed by atoms with E-state index in [0.717, 1.165) is 0 Å². The third-order valence-corrected chi connectivity index (χ3v) is 0.940. The number of ether oxygens (including phenoxy) is 2. The Balaban J connectivity index is 3.16. The molecule has 0 unspecified atom stereocenters. The van der Waals surface area contributed by atoms with Crippen LogP contribution in [0, 0.1) is 0 Å². The first kappa shape index (κ1) is 9.49. The first-order chi connectivity index (χ1) is 4.81. The van der Waals surface area contributed by atoms with Crippen molar-refractivity contribution in [3.8, 4) is 0 Å². The molecule has 0 aromatic carbocycles. The van der Waals surface area contributed by atoms with Crippen molar-refractivity contribution in [2.75, 3.05) is 18.5 Å². The summed E-state index contributed by atoms with van der Waals surface area (Å²) in [6.45, 7) is 3.90. The maximum Gasteiger partial charge on any atom is 0.508 e. The smallest absolute Gasteiger partial charge is 0.433 e. The number of hydrogen-bond acceptors (Lipinski definition) is 3. The number of rotatable bonds is 4. The Morgan fingerprint density at radius 2 is 2.30 bits per heavy atom. The Hall–Kier alpha value is -0.510. The summed E-state index contributed by atoms with van der Waals surface area (Å²) >= 11 is 3.09. The van der Waals surface area contributed by atoms with E-state index in [4.69, 9.17) is 0 Å². The standard InChI is InChI=1S/C6H9BrO3/c1-2-4-9-6(8)10-5-3-7/h2H,1,3-5H2. The van der Waals surface area contributed by atoms with E-state index >= 15 is 0 Å². The van der Waals surface area contributed by atoms with Crippen LogP contribution in [0.25, 0.3) is 0 Å². The molecule has 4 heteroatoms. The molecule has 0 heterocycles. The van der Waals surface area contributed by atoms with Crippen LogP contribution < -0.4 is 0 Å². The molecule has 0 radical (unpaired) electrons. The first-order valence-corrected chi connectivity index (χ1v) is 3.89. The van der Waals surface area contributed by atoms with Gasteiger partial charge in [0.2, 0.25) is 0 Å². The Morgan fingerprint density at radius 1 is 1.60 bits per heavy atom. The molecule has 0 atom stereocenters. The molecule has 3 nitrogen and oxygen atoms in total. The van der Waals surface area contributed by atoms with Crippen molar-refractivity contribution >= 4 is 22.1 Å². The van der Waals surface area contributed by atoms with Gasteiger partial charge in [-0.1, -0.05) is 28.6 Å². The highest BCUT2D eigenvalue weighted by molar-refractivity contribution is 9.09. The van der Waals surface area contributed by atoms with Crippen LogP contribution in [0.2, 0.25) is 0 Å². The maximum atomic E-state index is 10.4. The van der Waals surface area contributed by atoms with Gasteiger partial charge >= 0.3 is 6.16 Å². The van der Waals surface area contributed by atoms with E-state index < -0.39 is 6.16 Å². The van der Waals surface area contributed by atoms with Gasteiger partial charge in [-0.2, -0.15) is 0 Å². The summed E-state index contributed by atoms with van der Waals surface area (Å²) < 4.78 is 9.03. The van der Waals surface area contributed by atoms with Gasteiger partial charge in [0.05, 0.1) is 0 Å². The molecule has 0 aliphatic heterocycles. The number of halogens is 1. The van der Waals surface area contributed by atoms with Crippen LogP contribution in [0.3, 0.4) is 0 Å². The van der Waals surface area contributed by atoms with Crippen molar-refractivity contribution in [3.63, 3.8) is 0 Å². The molecule has 0 N–H and O–H groups in total. The van der Waals surface area contributed by atoms with Gasteiger partial charge in [0.1, 0.15) is 13.2 Å². The van der Waals surface area contributed by atoms with Crippen molar-refractivity contribution in [2.45, 2.75) is 0 Å². The van der Waals surface area contributed by atoms with Crippen molar-refractivity contribution < 1.29 is 14.3 Å². The predicted molar refractivity (Wildman–Crippen MR) is 41.3 cm³/mol. The predicted octanol–water partition coefficient (Wildman–Crippen LogP) is 1.72. The Labute approximate surface area is 68.1 Å². The zero-order chi connectivity index (χ0) is 7.82. The van der Waals surface area contributed by atoms with Gasteiger partial charge in [0, 0.05) is 5.33 Å². The maximum absolute atomic E-state index is 10.4. The fraction of sp³-hybridized carbons (Fsp3) is 0.500. The van der Waals surface area contributed by atoms with Gasteiger partial charge in [0.15, 0.2) is 0 Å². The summed E-state index contributed by atoms with van der Waals surface area (Å²) in [4.78, 5) is 10.4. The molecule has 0 aliphatic carbocycles. The number of alkyl halides is 1. The Kier molecular flexibility index (Phi) is 6.27. The summed E-state index contributed by atoms with van der Waals surface area (Å²) in [5, 5.41) is 0.621. The minimum absolute atomic E-state index is 0.196. The monoisotopic (exact) mass is 208 g/mol. The lowest BCUT2D eigenvalue weighted by molar-refractivity contribution is 0.0683. The van der Waals surface area contributed by atoms with Crippen molar-refractivity contribution in [1.82, 2.24) is 0 Å². The van der Waals surface area contributed by atoms with Crippen LogP contribution in [0.1, 0.15) is 0 Å². The molecular formula is C6H9BrO3. The lowest BCUT2D eigenvalue weighted by Crippen LogP contribution is -2.08. The summed E-state index contributed by atoms with van der Waals surface area (Å²) in [5.74, 6) is 0. The first-order valence-electron chi connectivity index (χ1n) is 2.77. The van der Waals surface area contributed by atoms with Crippen LogP contribution in [0.4, 0.5) is 4.79 Å². The van der Waals surface area contributed by atoms with E-state index in [1.165, 1.54) is 6.08 Å². The molecule has 0 aromatic heterocycles. The van der Waals surface area contributed by atoms with Crippen LogP contribution in [0.15, 0.2) is 12.7 Å². The highest BCUT2D eigenvalue weighted by Gasteiger charge is 1.98. The van der Waals surface area contributed by atoms with Crippen molar-refractivity contribution in [3.05, 3.63) is 12.7 Å². The molecule has 0 bridgehead atoms. The topological polar surface area (TPSA) is 35.5 Å². The van der Waals surface area contributed by atoms with E-state index in [1.807, 2.05) is 0 Å². The average Bonchev–Trinajstić information content (AvgIpc) is 1.97. The fourth-order valence-electron chi connectivity index (χ4n) is 0.291. The summed E-state index contributed by atoms with van der Waals surface area (Å²) in [6, 6.07) is 0. The summed E-state index contributed by atoms with van der Waals surface area (Å²) in [6.07, 6.45) is 0.828. The second-order valence-corrected chi connectivity index (χ2v) is 2.18. The molecule has 0 saturated carbocycles. The van der Waals surface area contributed by atoms with E-state index in [9.17, 15) is 4.79 Å². The Bertz CT molecular complexity index is 114. The minimum atomic E-state index is -0.653. The second kappa shape index (κ2) is 6.61. The molecule has 0 fully saturated rings.